The van der Waals surface area contributed by atoms with E-state index >= 15 is 0 Å². The van der Waals surface area contributed by atoms with Gasteiger partial charge in [-0.1, -0.05) is 6.42 Å². The second-order valence-corrected chi connectivity index (χ2v) is 3.51. The number of furan rings is 1. The van der Waals surface area contributed by atoms with Gasteiger partial charge in [-0.2, -0.15) is 0 Å². The van der Waals surface area contributed by atoms with Crippen molar-refractivity contribution in [1.29, 1.82) is 0 Å². The standard InChI is InChI=1S/C10H13NO3/c12-10(13)9-5-4-8(14-9)7-3-1-2-6-11-7/h4-5,7,11H,1-3,6H2,(H,12,13)/t7-/m1/s1. The monoisotopic (exact) mass is 195 g/mol. The largest absolute Gasteiger partial charge is 0.475 e. The summed E-state index contributed by atoms with van der Waals surface area (Å²) in [6, 6.07) is 3.44. The van der Waals surface area contributed by atoms with E-state index in [0.29, 0.717) is 0 Å². The number of hydrogen-bond acceptors (Lipinski definition) is 3. The van der Waals surface area contributed by atoms with Crippen LogP contribution in [0.25, 0.3) is 0 Å². The molecule has 0 aliphatic carbocycles. The molecule has 2 N–H and O–H groups in total. The van der Waals surface area contributed by atoms with Gasteiger partial charge in [-0.15, -0.1) is 0 Å². The van der Waals surface area contributed by atoms with E-state index in [1.165, 1.54) is 18.9 Å². The number of nitrogens with one attached hydrogen (secondary N) is 1. The summed E-state index contributed by atoms with van der Waals surface area (Å²) in [6.07, 6.45) is 3.37. The fourth-order valence-corrected chi connectivity index (χ4v) is 1.75. The zero-order valence-electron chi connectivity index (χ0n) is 7.82. The van der Waals surface area contributed by atoms with Gasteiger partial charge in [-0.25, -0.2) is 4.79 Å². The lowest BCUT2D eigenvalue weighted by Gasteiger charge is -2.21. The molecule has 76 valence electrons. The van der Waals surface area contributed by atoms with E-state index in [0.717, 1.165) is 18.7 Å². The Morgan fingerprint density at radius 1 is 1.50 bits per heavy atom. The van der Waals surface area contributed by atoms with Crippen molar-refractivity contribution in [3.05, 3.63) is 23.7 Å². The lowest BCUT2D eigenvalue weighted by molar-refractivity contribution is 0.0659. The van der Waals surface area contributed by atoms with Crippen LogP contribution in [0.15, 0.2) is 16.5 Å². The molecule has 0 unspecified atom stereocenters. The quantitative estimate of drug-likeness (QED) is 0.755. The molecule has 1 aliphatic heterocycles. The Hall–Kier alpha value is -1.29. The molecular formula is C10H13NO3. The van der Waals surface area contributed by atoms with Crippen LogP contribution in [0.5, 0.6) is 0 Å². The fraction of sp³-hybridized carbons (Fsp3) is 0.500. The molecule has 4 heteroatoms. The number of hydrogen-bond donors (Lipinski definition) is 2. The highest BCUT2D eigenvalue weighted by Crippen LogP contribution is 2.24. The van der Waals surface area contributed by atoms with Crippen LogP contribution in [0.2, 0.25) is 0 Å². The minimum atomic E-state index is -1.01. The van der Waals surface area contributed by atoms with E-state index in [1.54, 1.807) is 6.07 Å². The van der Waals surface area contributed by atoms with Crippen LogP contribution in [-0.2, 0) is 0 Å². The summed E-state index contributed by atoms with van der Waals surface area (Å²) >= 11 is 0. The highest BCUT2D eigenvalue weighted by Gasteiger charge is 2.19. The highest BCUT2D eigenvalue weighted by molar-refractivity contribution is 5.84. The van der Waals surface area contributed by atoms with Crippen LogP contribution in [-0.4, -0.2) is 17.6 Å². The second kappa shape index (κ2) is 3.84. The predicted molar refractivity (Wildman–Crippen MR) is 50.3 cm³/mol. The lowest BCUT2D eigenvalue weighted by atomic mass is 10.0. The van der Waals surface area contributed by atoms with Crippen molar-refractivity contribution in [2.75, 3.05) is 6.54 Å². The van der Waals surface area contributed by atoms with E-state index in [2.05, 4.69) is 5.32 Å². The Bertz CT molecular complexity index is 326. The number of rotatable bonds is 2. The molecule has 0 spiro atoms. The van der Waals surface area contributed by atoms with Crippen molar-refractivity contribution >= 4 is 5.97 Å². The van der Waals surface area contributed by atoms with Gasteiger partial charge >= 0.3 is 5.97 Å². The Labute approximate surface area is 81.9 Å². The third kappa shape index (κ3) is 1.80. The van der Waals surface area contributed by atoms with Crippen molar-refractivity contribution in [1.82, 2.24) is 5.32 Å². The predicted octanol–water partition coefficient (Wildman–Crippen LogP) is 1.79. The third-order valence-corrected chi connectivity index (χ3v) is 2.49. The molecule has 0 amide bonds. The Morgan fingerprint density at radius 2 is 2.36 bits per heavy atom. The smallest absolute Gasteiger partial charge is 0.371 e. The maximum Gasteiger partial charge on any atom is 0.371 e. The number of aromatic carboxylic acids is 1. The SMILES string of the molecule is O=C(O)c1ccc([C@H]2CCCCN2)o1. The van der Waals surface area contributed by atoms with E-state index in [-0.39, 0.29) is 11.8 Å². The summed E-state index contributed by atoms with van der Waals surface area (Å²) in [5.41, 5.74) is 0. The molecule has 0 saturated carbocycles. The maximum absolute atomic E-state index is 10.6. The topological polar surface area (TPSA) is 62.5 Å². The molecule has 1 fully saturated rings. The summed E-state index contributed by atoms with van der Waals surface area (Å²) in [4.78, 5) is 10.6. The molecule has 4 nitrogen and oxygen atoms in total. The molecule has 1 aromatic heterocycles. The first-order valence-electron chi connectivity index (χ1n) is 4.84. The van der Waals surface area contributed by atoms with Crippen molar-refractivity contribution in [3.8, 4) is 0 Å². The van der Waals surface area contributed by atoms with Gasteiger partial charge in [0.25, 0.3) is 0 Å². The van der Waals surface area contributed by atoms with Gasteiger partial charge in [0, 0.05) is 0 Å². The van der Waals surface area contributed by atoms with Crippen molar-refractivity contribution in [3.63, 3.8) is 0 Å². The number of carboxylic acid groups (broad SMARTS) is 1. The van der Waals surface area contributed by atoms with E-state index in [1.807, 2.05) is 0 Å². The van der Waals surface area contributed by atoms with Crippen LogP contribution in [0.1, 0.15) is 41.6 Å². The van der Waals surface area contributed by atoms with Crippen LogP contribution in [0, 0.1) is 0 Å². The summed E-state index contributed by atoms with van der Waals surface area (Å²) in [7, 11) is 0. The van der Waals surface area contributed by atoms with E-state index in [4.69, 9.17) is 9.52 Å². The Balaban J connectivity index is 2.11. The number of carboxylic acids is 1. The van der Waals surface area contributed by atoms with Gasteiger partial charge in [0.15, 0.2) is 0 Å². The normalized spacial score (nSPS) is 22.1. The molecule has 2 heterocycles. The molecular weight excluding hydrogens is 182 g/mol. The van der Waals surface area contributed by atoms with E-state index in [9.17, 15) is 4.79 Å². The minimum Gasteiger partial charge on any atom is -0.475 e. The van der Waals surface area contributed by atoms with Gasteiger partial charge in [-0.05, 0) is 31.5 Å². The first kappa shape index (κ1) is 9.27. The summed E-state index contributed by atoms with van der Waals surface area (Å²) in [6.45, 7) is 0.980. The van der Waals surface area contributed by atoms with Crippen molar-refractivity contribution < 1.29 is 14.3 Å². The van der Waals surface area contributed by atoms with Crippen molar-refractivity contribution in [2.24, 2.45) is 0 Å². The first-order chi connectivity index (χ1) is 6.77. The summed E-state index contributed by atoms with van der Waals surface area (Å²) < 4.78 is 5.22. The fourth-order valence-electron chi connectivity index (χ4n) is 1.75. The summed E-state index contributed by atoms with van der Waals surface area (Å²) in [5, 5.41) is 12.0. The Kier molecular flexibility index (Phi) is 2.54. The van der Waals surface area contributed by atoms with Crippen molar-refractivity contribution in [2.45, 2.75) is 25.3 Å². The van der Waals surface area contributed by atoms with Crippen LogP contribution in [0.3, 0.4) is 0 Å². The third-order valence-electron chi connectivity index (χ3n) is 2.49. The number of carbonyl (C=O) groups is 1. The first-order valence-corrected chi connectivity index (χ1v) is 4.84. The van der Waals surface area contributed by atoms with Gasteiger partial charge in [0.05, 0.1) is 6.04 Å². The second-order valence-electron chi connectivity index (χ2n) is 3.51. The molecule has 0 aromatic carbocycles. The number of piperidine rings is 1. The zero-order valence-corrected chi connectivity index (χ0v) is 7.82. The average molecular weight is 195 g/mol. The molecule has 0 bridgehead atoms. The molecule has 1 aromatic rings. The maximum atomic E-state index is 10.6. The molecule has 0 radical (unpaired) electrons. The average Bonchev–Trinajstić information content (AvgIpc) is 2.68. The van der Waals surface area contributed by atoms with Crippen LogP contribution in [0.4, 0.5) is 0 Å². The van der Waals surface area contributed by atoms with Crippen LogP contribution < -0.4 is 5.32 Å². The van der Waals surface area contributed by atoms with E-state index < -0.39 is 5.97 Å². The Morgan fingerprint density at radius 3 is 2.93 bits per heavy atom. The van der Waals surface area contributed by atoms with Gasteiger partial charge in [0.2, 0.25) is 5.76 Å². The zero-order chi connectivity index (χ0) is 9.97. The van der Waals surface area contributed by atoms with Gasteiger partial charge in [0.1, 0.15) is 5.76 Å². The molecule has 2 rings (SSSR count). The minimum absolute atomic E-state index is 0.0207. The molecule has 14 heavy (non-hydrogen) atoms. The van der Waals surface area contributed by atoms with Gasteiger partial charge in [-0.3, -0.25) is 0 Å². The summed E-state index contributed by atoms with van der Waals surface area (Å²) in [5.74, 6) is -0.249. The molecule has 1 atom stereocenters. The van der Waals surface area contributed by atoms with Crippen LogP contribution >= 0.6 is 0 Å². The molecule has 1 saturated heterocycles. The van der Waals surface area contributed by atoms with Gasteiger partial charge < -0.3 is 14.8 Å². The highest BCUT2D eigenvalue weighted by atomic mass is 16.4. The molecule has 1 aliphatic rings. The lowest BCUT2D eigenvalue weighted by Crippen LogP contribution is -2.26.